The van der Waals surface area contributed by atoms with E-state index in [1.165, 1.54) is 12.1 Å². The molecule has 31 heavy (non-hydrogen) atoms. The van der Waals surface area contributed by atoms with Crippen molar-refractivity contribution in [1.29, 1.82) is 0 Å². The van der Waals surface area contributed by atoms with Crippen molar-refractivity contribution in [3.8, 4) is 11.4 Å². The lowest BCUT2D eigenvalue weighted by molar-refractivity contribution is 0.102. The van der Waals surface area contributed by atoms with Gasteiger partial charge < -0.3 is 15.4 Å². The number of ether oxygens (including phenoxy) is 1. The van der Waals surface area contributed by atoms with Crippen molar-refractivity contribution >= 4 is 24.0 Å². The number of anilines is 1. The number of nitrogens with zero attached hydrogens (tertiary/aromatic N) is 2. The first-order valence-corrected chi connectivity index (χ1v) is 10.1. The number of aromatic nitrogens is 2. The Hall–Kier alpha value is -2.90. The Kier molecular flexibility index (Phi) is 7.30. The first kappa shape index (κ1) is 22.8. The number of hydrogen-bond donors (Lipinski definition) is 2. The zero-order valence-corrected chi connectivity index (χ0v) is 18.3. The van der Waals surface area contributed by atoms with Crippen molar-refractivity contribution in [2.75, 3.05) is 25.5 Å². The Labute approximate surface area is 187 Å². The standard InChI is InChI=1S/C23H25FN4O2.ClH/c1-15-13-17(24)3-8-21(15)27-23(29)20-14-26-28(18-4-6-19(30-2)7-5-18)22(20)16-9-11-25-12-10-16;/h3-8,13-14,16,25H,9-12H2,1-2H3,(H,27,29);1H. The van der Waals surface area contributed by atoms with E-state index in [0.717, 1.165) is 43.1 Å². The second-order valence-corrected chi connectivity index (χ2v) is 7.49. The van der Waals surface area contributed by atoms with E-state index in [1.54, 1.807) is 26.3 Å². The largest absolute Gasteiger partial charge is 0.497 e. The van der Waals surface area contributed by atoms with Gasteiger partial charge in [0.1, 0.15) is 11.6 Å². The summed E-state index contributed by atoms with van der Waals surface area (Å²) in [6.45, 7) is 3.57. The van der Waals surface area contributed by atoms with Crippen LogP contribution in [0.2, 0.25) is 0 Å². The summed E-state index contributed by atoms with van der Waals surface area (Å²) in [5, 5.41) is 10.8. The maximum atomic E-state index is 13.4. The molecule has 1 amide bonds. The molecule has 0 unspecified atom stereocenters. The van der Waals surface area contributed by atoms with Gasteiger partial charge in [0, 0.05) is 11.6 Å². The van der Waals surface area contributed by atoms with E-state index in [1.807, 2.05) is 28.9 Å². The zero-order chi connectivity index (χ0) is 21.1. The fourth-order valence-corrected chi connectivity index (χ4v) is 3.91. The summed E-state index contributed by atoms with van der Waals surface area (Å²) in [5.74, 6) is 0.413. The maximum Gasteiger partial charge on any atom is 0.259 e. The maximum absolute atomic E-state index is 13.4. The SMILES string of the molecule is COc1ccc(-n2ncc(C(=O)Nc3ccc(F)cc3C)c2C2CCNCC2)cc1.Cl. The number of aryl methyl sites for hydroxylation is 1. The molecule has 6 nitrogen and oxygen atoms in total. The van der Waals surface area contributed by atoms with Gasteiger partial charge in [0.2, 0.25) is 0 Å². The van der Waals surface area contributed by atoms with Crippen molar-refractivity contribution in [2.45, 2.75) is 25.7 Å². The average Bonchev–Trinajstić information content (AvgIpc) is 3.21. The van der Waals surface area contributed by atoms with E-state index in [-0.39, 0.29) is 30.0 Å². The number of piperidine rings is 1. The summed E-state index contributed by atoms with van der Waals surface area (Å²) < 4.78 is 20.5. The van der Waals surface area contributed by atoms with E-state index in [2.05, 4.69) is 15.7 Å². The lowest BCUT2D eigenvalue weighted by atomic mass is 9.91. The zero-order valence-electron chi connectivity index (χ0n) is 17.5. The molecule has 0 atom stereocenters. The summed E-state index contributed by atoms with van der Waals surface area (Å²) in [7, 11) is 1.63. The Balaban J connectivity index is 0.00000272. The normalized spacial score (nSPS) is 14.0. The van der Waals surface area contributed by atoms with Crippen LogP contribution in [0.3, 0.4) is 0 Å². The first-order chi connectivity index (χ1) is 14.6. The lowest BCUT2D eigenvalue weighted by Gasteiger charge is -2.25. The molecule has 1 aliphatic heterocycles. The summed E-state index contributed by atoms with van der Waals surface area (Å²) in [4.78, 5) is 13.2. The lowest BCUT2D eigenvalue weighted by Crippen LogP contribution is -2.29. The van der Waals surface area contributed by atoms with E-state index in [0.29, 0.717) is 16.8 Å². The van der Waals surface area contributed by atoms with Gasteiger partial charge in [-0.1, -0.05) is 0 Å². The first-order valence-electron chi connectivity index (χ1n) is 10.1. The Morgan fingerprint density at radius 1 is 1.19 bits per heavy atom. The Morgan fingerprint density at radius 2 is 1.90 bits per heavy atom. The highest BCUT2D eigenvalue weighted by Crippen LogP contribution is 2.31. The molecule has 3 aromatic rings. The second kappa shape index (κ2) is 9.94. The van der Waals surface area contributed by atoms with Crippen LogP contribution < -0.4 is 15.4 Å². The Morgan fingerprint density at radius 3 is 2.55 bits per heavy atom. The third kappa shape index (κ3) is 4.89. The molecule has 1 aliphatic rings. The minimum absolute atomic E-state index is 0. The molecule has 1 fully saturated rings. The van der Waals surface area contributed by atoms with Crippen LogP contribution in [0.5, 0.6) is 5.75 Å². The van der Waals surface area contributed by atoms with E-state index in [4.69, 9.17) is 4.74 Å². The molecule has 0 saturated carbocycles. The number of carbonyl (C=O) groups excluding carboxylic acids is 1. The minimum atomic E-state index is -0.326. The van der Waals surface area contributed by atoms with Gasteiger partial charge in [0.05, 0.1) is 30.3 Å². The number of rotatable bonds is 5. The third-order valence-corrected chi connectivity index (χ3v) is 5.53. The summed E-state index contributed by atoms with van der Waals surface area (Å²) in [5.41, 5.74) is 3.59. The highest BCUT2D eigenvalue weighted by atomic mass is 35.5. The quantitative estimate of drug-likeness (QED) is 0.609. The molecule has 0 radical (unpaired) electrons. The van der Waals surface area contributed by atoms with Crippen molar-refractivity contribution in [3.05, 3.63) is 71.3 Å². The average molecular weight is 445 g/mol. The molecule has 2 N–H and O–H groups in total. The number of amides is 1. The van der Waals surface area contributed by atoms with Gasteiger partial charge in [-0.05, 0) is 80.9 Å². The molecule has 4 rings (SSSR count). The van der Waals surface area contributed by atoms with Crippen LogP contribution in [0.15, 0.2) is 48.7 Å². The van der Waals surface area contributed by atoms with Gasteiger partial charge in [0.25, 0.3) is 5.91 Å². The number of methoxy groups -OCH3 is 1. The number of nitrogens with one attached hydrogen (secondary N) is 2. The summed E-state index contributed by atoms with van der Waals surface area (Å²) in [6, 6.07) is 12.0. The topological polar surface area (TPSA) is 68.2 Å². The molecule has 2 heterocycles. The molecule has 1 saturated heterocycles. The molecule has 8 heteroatoms. The molecule has 2 aromatic carbocycles. The molecule has 0 bridgehead atoms. The monoisotopic (exact) mass is 444 g/mol. The van der Waals surface area contributed by atoms with Gasteiger partial charge in [-0.15, -0.1) is 12.4 Å². The molecular formula is C23H26ClFN4O2. The van der Waals surface area contributed by atoms with Crippen molar-refractivity contribution < 1.29 is 13.9 Å². The second-order valence-electron chi connectivity index (χ2n) is 7.49. The van der Waals surface area contributed by atoms with Crippen molar-refractivity contribution in [1.82, 2.24) is 15.1 Å². The van der Waals surface area contributed by atoms with Gasteiger partial charge in [0.15, 0.2) is 0 Å². The summed E-state index contributed by atoms with van der Waals surface area (Å²) in [6.07, 6.45) is 3.48. The fourth-order valence-electron chi connectivity index (χ4n) is 3.91. The number of halogens is 2. The van der Waals surface area contributed by atoms with E-state index in [9.17, 15) is 9.18 Å². The van der Waals surface area contributed by atoms with Gasteiger partial charge in [-0.3, -0.25) is 4.79 Å². The highest BCUT2D eigenvalue weighted by molar-refractivity contribution is 6.05. The number of benzene rings is 2. The number of hydrogen-bond acceptors (Lipinski definition) is 4. The predicted molar refractivity (Wildman–Crippen MR) is 121 cm³/mol. The van der Waals surface area contributed by atoms with Crippen LogP contribution in [-0.4, -0.2) is 35.9 Å². The van der Waals surface area contributed by atoms with Crippen molar-refractivity contribution in [3.63, 3.8) is 0 Å². The van der Waals surface area contributed by atoms with Crippen LogP contribution in [0.25, 0.3) is 5.69 Å². The number of carbonyl (C=O) groups is 1. The van der Waals surface area contributed by atoms with Gasteiger partial charge in [-0.2, -0.15) is 5.10 Å². The highest BCUT2D eigenvalue weighted by Gasteiger charge is 2.27. The molecular weight excluding hydrogens is 419 g/mol. The third-order valence-electron chi connectivity index (χ3n) is 5.53. The van der Waals surface area contributed by atoms with Crippen LogP contribution in [0.1, 0.15) is 40.4 Å². The van der Waals surface area contributed by atoms with Gasteiger partial charge in [-0.25, -0.2) is 9.07 Å². The molecule has 164 valence electrons. The predicted octanol–water partition coefficient (Wildman–Crippen LogP) is 4.47. The van der Waals surface area contributed by atoms with Crippen LogP contribution in [0.4, 0.5) is 10.1 Å². The Bertz CT molecular complexity index is 1050. The fraction of sp³-hybridized carbons (Fsp3) is 0.304. The van der Waals surface area contributed by atoms with Gasteiger partial charge >= 0.3 is 0 Å². The van der Waals surface area contributed by atoms with Crippen LogP contribution >= 0.6 is 12.4 Å². The minimum Gasteiger partial charge on any atom is -0.497 e. The van der Waals surface area contributed by atoms with Crippen LogP contribution in [-0.2, 0) is 0 Å². The molecule has 0 spiro atoms. The molecule has 0 aliphatic carbocycles. The smallest absolute Gasteiger partial charge is 0.259 e. The van der Waals surface area contributed by atoms with Crippen molar-refractivity contribution in [2.24, 2.45) is 0 Å². The molecule has 1 aromatic heterocycles. The van der Waals surface area contributed by atoms with E-state index >= 15 is 0 Å². The van der Waals surface area contributed by atoms with E-state index < -0.39 is 0 Å². The summed E-state index contributed by atoms with van der Waals surface area (Å²) >= 11 is 0. The van der Waals surface area contributed by atoms with Crippen LogP contribution in [0, 0.1) is 12.7 Å².